The first-order valence-electron chi connectivity index (χ1n) is 7.38. The highest BCUT2D eigenvalue weighted by molar-refractivity contribution is 7.09. The summed E-state index contributed by atoms with van der Waals surface area (Å²) in [5, 5.41) is 11.7. The lowest BCUT2D eigenvalue weighted by Gasteiger charge is -2.32. The molecule has 1 atom stereocenters. The first kappa shape index (κ1) is 16.0. The molecule has 1 heterocycles. The highest BCUT2D eigenvalue weighted by Crippen LogP contribution is 2.48. The SMILES string of the molecule is CC1(C)CC(=O)Oc2c1cc(O)c1c(OCCOP)cccc21. The van der Waals surface area contributed by atoms with E-state index in [2.05, 4.69) is 9.47 Å². The van der Waals surface area contributed by atoms with Crippen LogP contribution in [0.3, 0.4) is 0 Å². The molecule has 0 fully saturated rings. The monoisotopic (exact) mass is 334 g/mol. The van der Waals surface area contributed by atoms with Crippen molar-refractivity contribution in [1.82, 2.24) is 0 Å². The van der Waals surface area contributed by atoms with Crippen LogP contribution in [0.15, 0.2) is 24.3 Å². The van der Waals surface area contributed by atoms with E-state index in [1.54, 1.807) is 12.1 Å². The fourth-order valence-corrected chi connectivity index (χ4v) is 3.04. The minimum absolute atomic E-state index is 0.118. The number of phenolic OH excluding ortho intramolecular Hbond substituents is 1. The lowest BCUT2D eigenvalue weighted by molar-refractivity contribution is -0.136. The first-order valence-corrected chi connectivity index (χ1v) is 7.85. The predicted molar refractivity (Wildman–Crippen MR) is 90.0 cm³/mol. The van der Waals surface area contributed by atoms with E-state index in [0.29, 0.717) is 35.5 Å². The number of aromatic hydroxyl groups is 1. The van der Waals surface area contributed by atoms with Crippen molar-refractivity contribution in [3.8, 4) is 17.2 Å². The van der Waals surface area contributed by atoms with Crippen molar-refractivity contribution in [3.63, 3.8) is 0 Å². The van der Waals surface area contributed by atoms with Crippen molar-refractivity contribution < 1.29 is 23.9 Å². The molecule has 0 radical (unpaired) electrons. The maximum Gasteiger partial charge on any atom is 0.312 e. The van der Waals surface area contributed by atoms with Crippen LogP contribution >= 0.6 is 9.47 Å². The smallest absolute Gasteiger partial charge is 0.312 e. The predicted octanol–water partition coefficient (Wildman–Crippen LogP) is 3.32. The van der Waals surface area contributed by atoms with E-state index in [0.717, 1.165) is 5.56 Å². The van der Waals surface area contributed by atoms with E-state index in [1.165, 1.54) is 0 Å². The quantitative estimate of drug-likeness (QED) is 0.402. The first-order chi connectivity index (χ1) is 10.9. The normalized spacial score (nSPS) is 16.0. The molecule has 0 aromatic heterocycles. The fourth-order valence-electron chi connectivity index (χ4n) is 2.94. The van der Waals surface area contributed by atoms with Crippen LogP contribution in [0, 0.1) is 0 Å². The Labute approximate surface area is 136 Å². The van der Waals surface area contributed by atoms with Gasteiger partial charge in [-0.25, -0.2) is 0 Å². The highest BCUT2D eigenvalue weighted by Gasteiger charge is 2.36. The Bertz CT molecular complexity index is 769. The van der Waals surface area contributed by atoms with Gasteiger partial charge in [0.05, 0.1) is 18.4 Å². The number of carbonyl (C=O) groups excluding carboxylic acids is 1. The van der Waals surface area contributed by atoms with Crippen molar-refractivity contribution >= 4 is 26.2 Å². The van der Waals surface area contributed by atoms with Gasteiger partial charge in [0.1, 0.15) is 23.9 Å². The van der Waals surface area contributed by atoms with E-state index in [-0.39, 0.29) is 23.6 Å². The molecule has 3 rings (SSSR count). The second kappa shape index (κ2) is 5.99. The number of benzene rings is 2. The summed E-state index contributed by atoms with van der Waals surface area (Å²) in [6.45, 7) is 4.70. The van der Waals surface area contributed by atoms with Crippen LogP contribution in [0.25, 0.3) is 10.8 Å². The molecular weight excluding hydrogens is 315 g/mol. The standard InChI is InChI=1S/C17H19O5P/c1-17(2)9-14(19)22-16-10-4-3-5-13(20-6-7-21-23)15(10)12(18)8-11(16)17/h3-5,8,18H,6-7,9,23H2,1-2H3. The number of rotatable bonds is 4. The zero-order valence-electron chi connectivity index (χ0n) is 13.1. The van der Waals surface area contributed by atoms with Crippen LogP contribution < -0.4 is 9.47 Å². The van der Waals surface area contributed by atoms with Crippen molar-refractivity contribution in [2.24, 2.45) is 0 Å². The second-order valence-electron chi connectivity index (χ2n) is 6.21. The van der Waals surface area contributed by atoms with Gasteiger partial charge in [0.2, 0.25) is 0 Å². The van der Waals surface area contributed by atoms with Crippen molar-refractivity contribution in [3.05, 3.63) is 29.8 Å². The van der Waals surface area contributed by atoms with Gasteiger partial charge in [0.25, 0.3) is 0 Å². The summed E-state index contributed by atoms with van der Waals surface area (Å²) in [4.78, 5) is 11.9. The van der Waals surface area contributed by atoms with Crippen LogP contribution in [0.2, 0.25) is 0 Å². The van der Waals surface area contributed by atoms with Gasteiger partial charge in [0, 0.05) is 25.8 Å². The maximum atomic E-state index is 11.9. The zero-order chi connectivity index (χ0) is 16.6. The van der Waals surface area contributed by atoms with Crippen LogP contribution in [0.4, 0.5) is 0 Å². The molecule has 6 heteroatoms. The molecule has 0 saturated carbocycles. The van der Waals surface area contributed by atoms with Crippen LogP contribution in [0.5, 0.6) is 17.2 Å². The Hall–Kier alpha value is -1.84. The van der Waals surface area contributed by atoms with Crippen molar-refractivity contribution in [2.75, 3.05) is 13.2 Å². The molecule has 0 spiro atoms. The van der Waals surface area contributed by atoms with Gasteiger partial charge in [-0.05, 0) is 12.1 Å². The third-order valence-electron chi connectivity index (χ3n) is 4.04. The number of esters is 1. The molecule has 2 aromatic carbocycles. The van der Waals surface area contributed by atoms with Gasteiger partial charge in [-0.15, -0.1) is 0 Å². The molecule has 0 saturated heterocycles. The molecule has 122 valence electrons. The third kappa shape index (κ3) is 2.87. The van der Waals surface area contributed by atoms with Crippen molar-refractivity contribution in [2.45, 2.75) is 25.7 Å². The number of carbonyl (C=O) groups is 1. The van der Waals surface area contributed by atoms with E-state index in [4.69, 9.17) is 14.0 Å². The Morgan fingerprint density at radius 3 is 2.87 bits per heavy atom. The number of ether oxygens (including phenoxy) is 2. The molecule has 2 aromatic rings. The number of hydrogen-bond donors (Lipinski definition) is 1. The molecular formula is C17H19O5P. The highest BCUT2D eigenvalue weighted by atomic mass is 31.0. The minimum atomic E-state index is -0.388. The van der Waals surface area contributed by atoms with E-state index >= 15 is 0 Å². The summed E-state index contributed by atoms with van der Waals surface area (Å²) in [5.74, 6) is 0.889. The number of phenols is 1. The van der Waals surface area contributed by atoms with Crippen LogP contribution in [0.1, 0.15) is 25.8 Å². The lowest BCUT2D eigenvalue weighted by Crippen LogP contribution is -2.30. The summed E-state index contributed by atoms with van der Waals surface area (Å²) in [6, 6.07) is 7.08. The van der Waals surface area contributed by atoms with Gasteiger partial charge in [-0.3, -0.25) is 4.79 Å². The molecule has 0 amide bonds. The molecule has 1 N–H and O–H groups in total. The maximum absolute atomic E-state index is 11.9. The van der Waals surface area contributed by atoms with Gasteiger partial charge in [-0.1, -0.05) is 26.0 Å². The minimum Gasteiger partial charge on any atom is -0.507 e. The fraction of sp³-hybridized carbons (Fsp3) is 0.353. The van der Waals surface area contributed by atoms with Gasteiger partial charge >= 0.3 is 5.97 Å². The Morgan fingerprint density at radius 2 is 2.13 bits per heavy atom. The molecule has 0 bridgehead atoms. The average Bonchev–Trinajstić information content (AvgIpc) is 2.48. The second-order valence-corrected chi connectivity index (χ2v) is 6.54. The number of hydrogen-bond acceptors (Lipinski definition) is 5. The molecule has 1 aliphatic rings. The lowest BCUT2D eigenvalue weighted by atomic mass is 9.78. The zero-order valence-corrected chi connectivity index (χ0v) is 14.2. The van der Waals surface area contributed by atoms with Gasteiger partial charge in [-0.2, -0.15) is 0 Å². The summed E-state index contributed by atoms with van der Waals surface area (Å²) < 4.78 is 16.1. The molecule has 1 unspecified atom stereocenters. The Morgan fingerprint density at radius 1 is 1.35 bits per heavy atom. The molecule has 1 aliphatic heterocycles. The summed E-state index contributed by atoms with van der Waals surface area (Å²) in [6.07, 6.45) is 0.284. The molecule has 0 aliphatic carbocycles. The van der Waals surface area contributed by atoms with Crippen LogP contribution in [-0.2, 0) is 14.7 Å². The van der Waals surface area contributed by atoms with Crippen molar-refractivity contribution in [1.29, 1.82) is 0 Å². The third-order valence-corrected chi connectivity index (χ3v) is 4.28. The van der Waals surface area contributed by atoms with E-state index < -0.39 is 0 Å². The topological polar surface area (TPSA) is 65.0 Å². The summed E-state index contributed by atoms with van der Waals surface area (Å²) in [7, 11) is 2.16. The molecule has 23 heavy (non-hydrogen) atoms. The Balaban J connectivity index is 2.19. The summed E-state index contributed by atoms with van der Waals surface area (Å²) >= 11 is 0. The number of fused-ring (bicyclic) bond motifs is 3. The average molecular weight is 334 g/mol. The van der Waals surface area contributed by atoms with Gasteiger partial charge < -0.3 is 19.1 Å². The van der Waals surface area contributed by atoms with Gasteiger partial charge in [0.15, 0.2) is 0 Å². The Kier molecular flexibility index (Phi) is 4.17. The van der Waals surface area contributed by atoms with E-state index in [1.807, 2.05) is 26.0 Å². The summed E-state index contributed by atoms with van der Waals surface area (Å²) in [5.41, 5.74) is 0.438. The molecule has 5 nitrogen and oxygen atoms in total. The van der Waals surface area contributed by atoms with E-state index in [9.17, 15) is 9.90 Å². The largest absolute Gasteiger partial charge is 0.507 e. The van der Waals surface area contributed by atoms with Crippen LogP contribution in [-0.4, -0.2) is 24.3 Å².